The molecule has 1 aromatic heterocycles. The summed E-state index contributed by atoms with van der Waals surface area (Å²) in [5.41, 5.74) is 5.84. The van der Waals surface area contributed by atoms with E-state index in [1.54, 1.807) is 6.07 Å². The molecule has 0 saturated heterocycles. The van der Waals surface area contributed by atoms with Crippen molar-refractivity contribution >= 4 is 46.2 Å². The first-order chi connectivity index (χ1) is 13.4. The van der Waals surface area contributed by atoms with Crippen LogP contribution in [-0.2, 0) is 0 Å². The van der Waals surface area contributed by atoms with E-state index in [0.717, 1.165) is 5.56 Å². The number of hydrogen-bond acceptors (Lipinski definition) is 4. The normalized spacial score (nSPS) is 11.6. The van der Waals surface area contributed by atoms with E-state index in [0.29, 0.717) is 33.3 Å². The monoisotopic (exact) mass is 410 g/mol. The van der Waals surface area contributed by atoms with Crippen molar-refractivity contribution in [3.8, 4) is 17.2 Å². The SMILES string of the molecule is Cc1ccc(-c2nc3cc(N=Cc4cc(Cl)cc(Cl)c4O)ccc3o2)cc1C. The molecule has 4 nitrogen and oxygen atoms in total. The Kier molecular flexibility index (Phi) is 4.84. The van der Waals surface area contributed by atoms with Gasteiger partial charge in [-0.3, -0.25) is 4.99 Å². The minimum Gasteiger partial charge on any atom is -0.506 e. The Morgan fingerprint density at radius 2 is 1.82 bits per heavy atom. The topological polar surface area (TPSA) is 58.6 Å². The van der Waals surface area contributed by atoms with Crippen LogP contribution in [0.15, 0.2) is 57.9 Å². The molecule has 0 fully saturated rings. The summed E-state index contributed by atoms with van der Waals surface area (Å²) >= 11 is 11.9. The molecule has 140 valence electrons. The van der Waals surface area contributed by atoms with Crippen LogP contribution in [0.25, 0.3) is 22.6 Å². The number of rotatable bonds is 3. The molecule has 4 rings (SSSR count). The highest BCUT2D eigenvalue weighted by Crippen LogP contribution is 2.31. The van der Waals surface area contributed by atoms with Crippen molar-refractivity contribution in [2.24, 2.45) is 4.99 Å². The first-order valence-electron chi connectivity index (χ1n) is 8.61. The molecule has 3 aromatic carbocycles. The quantitative estimate of drug-likeness (QED) is 0.374. The number of oxazole rings is 1. The molecule has 0 aliphatic rings. The summed E-state index contributed by atoms with van der Waals surface area (Å²) in [5.74, 6) is 0.507. The zero-order chi connectivity index (χ0) is 19.8. The summed E-state index contributed by atoms with van der Waals surface area (Å²) < 4.78 is 5.88. The number of aromatic hydroxyl groups is 1. The molecule has 0 spiro atoms. The molecule has 0 aliphatic carbocycles. The lowest BCUT2D eigenvalue weighted by Crippen LogP contribution is -1.84. The van der Waals surface area contributed by atoms with Crippen LogP contribution in [0.3, 0.4) is 0 Å². The fourth-order valence-corrected chi connectivity index (χ4v) is 3.33. The van der Waals surface area contributed by atoms with E-state index in [1.165, 1.54) is 23.4 Å². The third-order valence-electron chi connectivity index (χ3n) is 4.54. The maximum atomic E-state index is 10.0. The van der Waals surface area contributed by atoms with Gasteiger partial charge in [-0.2, -0.15) is 0 Å². The highest BCUT2D eigenvalue weighted by molar-refractivity contribution is 6.36. The van der Waals surface area contributed by atoms with Gasteiger partial charge >= 0.3 is 0 Å². The number of phenolic OH excluding ortho intramolecular Hbond substituents is 1. The molecule has 0 radical (unpaired) electrons. The van der Waals surface area contributed by atoms with Gasteiger partial charge in [-0.1, -0.05) is 29.3 Å². The van der Waals surface area contributed by atoms with Crippen LogP contribution in [-0.4, -0.2) is 16.3 Å². The standard InChI is InChI=1S/C22H16Cl2N2O2/c1-12-3-4-14(7-13(12)2)22-26-19-10-17(5-6-20(19)28-22)25-11-15-8-16(23)9-18(24)21(15)27/h3-11,27H,1-2H3. The zero-order valence-corrected chi connectivity index (χ0v) is 16.7. The second kappa shape index (κ2) is 7.30. The molecule has 1 heterocycles. The van der Waals surface area contributed by atoms with Crippen molar-refractivity contribution in [2.45, 2.75) is 13.8 Å². The molecule has 0 bridgehead atoms. The van der Waals surface area contributed by atoms with Gasteiger partial charge in [-0.15, -0.1) is 0 Å². The summed E-state index contributed by atoms with van der Waals surface area (Å²) in [4.78, 5) is 8.98. The fraction of sp³-hybridized carbons (Fsp3) is 0.0909. The van der Waals surface area contributed by atoms with Gasteiger partial charge in [0.15, 0.2) is 5.58 Å². The van der Waals surface area contributed by atoms with E-state index in [9.17, 15) is 5.11 Å². The number of hydrogen-bond donors (Lipinski definition) is 1. The van der Waals surface area contributed by atoms with Gasteiger partial charge in [-0.25, -0.2) is 4.98 Å². The van der Waals surface area contributed by atoms with E-state index in [-0.39, 0.29) is 10.8 Å². The van der Waals surface area contributed by atoms with Gasteiger partial charge in [0.1, 0.15) is 11.3 Å². The predicted octanol–water partition coefficient (Wildman–Crippen LogP) is 6.87. The van der Waals surface area contributed by atoms with Crippen molar-refractivity contribution in [2.75, 3.05) is 0 Å². The first kappa shape index (κ1) is 18.5. The van der Waals surface area contributed by atoms with E-state index in [4.69, 9.17) is 27.6 Å². The molecule has 1 N–H and O–H groups in total. The van der Waals surface area contributed by atoms with Crippen molar-refractivity contribution in [3.63, 3.8) is 0 Å². The van der Waals surface area contributed by atoms with Crippen LogP contribution in [0.5, 0.6) is 5.75 Å². The number of fused-ring (bicyclic) bond motifs is 1. The zero-order valence-electron chi connectivity index (χ0n) is 15.2. The third kappa shape index (κ3) is 3.61. The number of phenols is 1. The number of benzene rings is 3. The second-order valence-electron chi connectivity index (χ2n) is 6.55. The molecule has 0 unspecified atom stereocenters. The second-order valence-corrected chi connectivity index (χ2v) is 7.40. The smallest absolute Gasteiger partial charge is 0.227 e. The van der Waals surface area contributed by atoms with Gasteiger partial charge in [0, 0.05) is 22.4 Å². The highest BCUT2D eigenvalue weighted by Gasteiger charge is 2.10. The van der Waals surface area contributed by atoms with Gasteiger partial charge in [0.25, 0.3) is 0 Å². The van der Waals surface area contributed by atoms with E-state index in [2.05, 4.69) is 36.0 Å². The van der Waals surface area contributed by atoms with Gasteiger partial charge in [0.2, 0.25) is 5.89 Å². The van der Waals surface area contributed by atoms with Gasteiger partial charge in [-0.05, 0) is 67.4 Å². The number of aryl methyl sites for hydroxylation is 2. The highest BCUT2D eigenvalue weighted by atomic mass is 35.5. The number of halogens is 2. The minimum atomic E-state index is -0.0608. The summed E-state index contributed by atoms with van der Waals surface area (Å²) in [5, 5.41) is 10.6. The summed E-state index contributed by atoms with van der Waals surface area (Å²) in [6, 6.07) is 14.6. The Balaban J connectivity index is 1.68. The lowest BCUT2D eigenvalue weighted by molar-refractivity contribution is 0.475. The van der Waals surface area contributed by atoms with Crippen molar-refractivity contribution in [1.82, 2.24) is 4.98 Å². The van der Waals surface area contributed by atoms with Gasteiger partial charge in [0.05, 0.1) is 10.7 Å². The van der Waals surface area contributed by atoms with E-state index in [1.807, 2.05) is 24.3 Å². The predicted molar refractivity (Wildman–Crippen MR) is 114 cm³/mol. The molecule has 28 heavy (non-hydrogen) atoms. The molecular weight excluding hydrogens is 395 g/mol. The van der Waals surface area contributed by atoms with Crippen molar-refractivity contribution < 1.29 is 9.52 Å². The molecule has 0 atom stereocenters. The van der Waals surface area contributed by atoms with Crippen LogP contribution >= 0.6 is 23.2 Å². The third-order valence-corrected chi connectivity index (χ3v) is 5.04. The van der Waals surface area contributed by atoms with Crippen LogP contribution in [0.2, 0.25) is 10.0 Å². The Labute approximate surface area is 172 Å². The van der Waals surface area contributed by atoms with Gasteiger partial charge < -0.3 is 9.52 Å². The Morgan fingerprint density at radius 1 is 1.00 bits per heavy atom. The van der Waals surface area contributed by atoms with E-state index >= 15 is 0 Å². The van der Waals surface area contributed by atoms with Crippen LogP contribution < -0.4 is 0 Å². The van der Waals surface area contributed by atoms with E-state index < -0.39 is 0 Å². The molecule has 6 heteroatoms. The van der Waals surface area contributed by atoms with Crippen LogP contribution in [0, 0.1) is 13.8 Å². The lowest BCUT2D eigenvalue weighted by Gasteiger charge is -2.02. The van der Waals surface area contributed by atoms with Crippen LogP contribution in [0.4, 0.5) is 5.69 Å². The molecule has 4 aromatic rings. The Hall–Kier alpha value is -2.82. The average Bonchev–Trinajstić information content (AvgIpc) is 3.09. The summed E-state index contributed by atoms with van der Waals surface area (Å²) in [7, 11) is 0. The fourth-order valence-electron chi connectivity index (χ4n) is 2.82. The molecule has 0 amide bonds. The largest absolute Gasteiger partial charge is 0.506 e. The maximum Gasteiger partial charge on any atom is 0.227 e. The van der Waals surface area contributed by atoms with Crippen LogP contribution in [0.1, 0.15) is 16.7 Å². The lowest BCUT2D eigenvalue weighted by atomic mass is 10.1. The molecule has 0 aliphatic heterocycles. The number of aliphatic imine (C=N–C) groups is 1. The number of aromatic nitrogens is 1. The average molecular weight is 411 g/mol. The number of nitrogens with zero attached hydrogens (tertiary/aromatic N) is 2. The molecule has 0 saturated carbocycles. The maximum absolute atomic E-state index is 10.0. The minimum absolute atomic E-state index is 0.0608. The Bertz CT molecular complexity index is 1230. The van der Waals surface area contributed by atoms with Crippen molar-refractivity contribution in [3.05, 3.63) is 75.3 Å². The summed E-state index contributed by atoms with van der Waals surface area (Å²) in [6.07, 6.45) is 1.51. The first-order valence-corrected chi connectivity index (χ1v) is 9.36. The Morgan fingerprint density at radius 3 is 2.61 bits per heavy atom. The summed E-state index contributed by atoms with van der Waals surface area (Å²) in [6.45, 7) is 4.13. The molecular formula is C22H16Cl2N2O2. The van der Waals surface area contributed by atoms with Crippen molar-refractivity contribution in [1.29, 1.82) is 0 Å².